The number of piperidine rings is 1. The van der Waals surface area contributed by atoms with Gasteiger partial charge in [-0.2, -0.15) is 0 Å². The van der Waals surface area contributed by atoms with Crippen molar-refractivity contribution in [3.05, 3.63) is 53.7 Å². The van der Waals surface area contributed by atoms with Crippen LogP contribution < -0.4 is 10.1 Å². The molecule has 27 heavy (non-hydrogen) atoms. The monoisotopic (exact) mass is 367 g/mol. The molecule has 1 fully saturated rings. The van der Waals surface area contributed by atoms with Crippen molar-refractivity contribution in [1.29, 1.82) is 0 Å². The lowest BCUT2D eigenvalue weighted by Gasteiger charge is -2.31. The first-order valence-corrected chi connectivity index (χ1v) is 9.71. The first-order chi connectivity index (χ1) is 13.0. The van der Waals surface area contributed by atoms with Crippen LogP contribution in [0, 0.1) is 12.8 Å². The summed E-state index contributed by atoms with van der Waals surface area (Å²) in [7, 11) is 0. The number of carbonyl (C=O) groups is 1. The molecule has 5 nitrogen and oxygen atoms in total. The third kappa shape index (κ3) is 5.79. The van der Waals surface area contributed by atoms with E-state index >= 15 is 0 Å². The normalized spacial score (nSPS) is 15.7. The Labute approximate surface area is 161 Å². The van der Waals surface area contributed by atoms with Crippen molar-refractivity contribution in [3.63, 3.8) is 0 Å². The molecule has 1 aliphatic rings. The highest BCUT2D eigenvalue weighted by atomic mass is 16.5. The molecule has 1 aromatic heterocycles. The second kappa shape index (κ2) is 9.00. The zero-order valence-electron chi connectivity index (χ0n) is 16.4. The summed E-state index contributed by atoms with van der Waals surface area (Å²) in [6.07, 6.45) is 3.65. The molecule has 144 valence electrons. The van der Waals surface area contributed by atoms with Crippen LogP contribution in [-0.4, -0.2) is 35.0 Å². The van der Waals surface area contributed by atoms with Crippen molar-refractivity contribution < 1.29 is 9.53 Å². The molecule has 5 heteroatoms. The van der Waals surface area contributed by atoms with Crippen LogP contribution in [0.2, 0.25) is 0 Å². The van der Waals surface area contributed by atoms with E-state index in [9.17, 15) is 4.79 Å². The first kappa shape index (κ1) is 19.4. The number of likely N-dealkylation sites (tertiary alicyclic amines) is 1. The number of pyridine rings is 1. The number of amides is 1. The largest absolute Gasteiger partial charge is 0.491 e. The molecule has 0 bridgehead atoms. The Bertz CT molecular complexity index is 768. The third-order valence-electron chi connectivity index (χ3n) is 4.80. The molecule has 0 spiro atoms. The van der Waals surface area contributed by atoms with E-state index in [1.807, 2.05) is 45.0 Å². The molecule has 1 saturated heterocycles. The van der Waals surface area contributed by atoms with Crippen LogP contribution in [0.5, 0.6) is 5.75 Å². The van der Waals surface area contributed by atoms with E-state index < -0.39 is 0 Å². The van der Waals surface area contributed by atoms with Crippen LogP contribution in [0.4, 0.5) is 5.82 Å². The highest BCUT2D eigenvalue weighted by Gasteiger charge is 2.25. The fourth-order valence-electron chi connectivity index (χ4n) is 3.43. The maximum Gasteiger partial charge on any atom is 0.228 e. The zero-order chi connectivity index (χ0) is 19.2. The van der Waals surface area contributed by atoms with Crippen LogP contribution in [0.15, 0.2) is 42.6 Å². The Hall–Kier alpha value is -2.40. The maximum absolute atomic E-state index is 12.5. The van der Waals surface area contributed by atoms with Gasteiger partial charge in [-0.25, -0.2) is 4.98 Å². The number of aryl methyl sites for hydroxylation is 1. The van der Waals surface area contributed by atoms with Crippen molar-refractivity contribution >= 4 is 11.7 Å². The Balaban J connectivity index is 1.49. The van der Waals surface area contributed by atoms with Gasteiger partial charge in [-0.05, 0) is 82.1 Å². The molecule has 0 unspecified atom stereocenters. The number of hydrogen-bond donors (Lipinski definition) is 1. The van der Waals surface area contributed by atoms with Gasteiger partial charge in [0.25, 0.3) is 0 Å². The Morgan fingerprint density at radius 1 is 1.26 bits per heavy atom. The van der Waals surface area contributed by atoms with E-state index in [-0.39, 0.29) is 17.9 Å². The number of hydrogen-bond acceptors (Lipinski definition) is 4. The predicted octanol–water partition coefficient (Wildman–Crippen LogP) is 4.03. The van der Waals surface area contributed by atoms with Gasteiger partial charge in [0, 0.05) is 18.7 Å². The van der Waals surface area contributed by atoms with Gasteiger partial charge in [0.2, 0.25) is 5.91 Å². The quantitative estimate of drug-likeness (QED) is 0.838. The van der Waals surface area contributed by atoms with Crippen LogP contribution >= 0.6 is 0 Å². The molecule has 0 radical (unpaired) electrons. The van der Waals surface area contributed by atoms with Crippen LogP contribution in [0.25, 0.3) is 0 Å². The van der Waals surface area contributed by atoms with E-state index in [1.54, 1.807) is 6.20 Å². The minimum Gasteiger partial charge on any atom is -0.491 e. The average Bonchev–Trinajstić information content (AvgIpc) is 2.62. The molecule has 0 saturated carbocycles. The van der Waals surface area contributed by atoms with Gasteiger partial charge in [-0.15, -0.1) is 0 Å². The van der Waals surface area contributed by atoms with Gasteiger partial charge in [0.1, 0.15) is 11.6 Å². The van der Waals surface area contributed by atoms with E-state index in [4.69, 9.17) is 4.74 Å². The highest BCUT2D eigenvalue weighted by Crippen LogP contribution is 2.22. The van der Waals surface area contributed by atoms with Gasteiger partial charge in [0.15, 0.2) is 0 Å². The lowest BCUT2D eigenvalue weighted by Crippen LogP contribution is -2.37. The molecular formula is C22H29N3O2. The van der Waals surface area contributed by atoms with Crippen LogP contribution in [0.3, 0.4) is 0 Å². The number of rotatable bonds is 6. The Morgan fingerprint density at radius 3 is 2.74 bits per heavy atom. The second-order valence-corrected chi connectivity index (χ2v) is 7.57. The van der Waals surface area contributed by atoms with E-state index in [0.717, 1.165) is 43.8 Å². The van der Waals surface area contributed by atoms with Crippen molar-refractivity contribution in [1.82, 2.24) is 9.88 Å². The molecule has 1 aliphatic heterocycles. The summed E-state index contributed by atoms with van der Waals surface area (Å²) in [6, 6.07) is 12.1. The maximum atomic E-state index is 12.5. The van der Waals surface area contributed by atoms with Crippen molar-refractivity contribution in [3.8, 4) is 5.75 Å². The SMILES string of the molecule is Cc1ccnc(NC(=O)C2CCN(Cc3cccc(OC(C)C)c3)CC2)c1. The van der Waals surface area contributed by atoms with Crippen molar-refractivity contribution in [2.24, 2.45) is 5.92 Å². The van der Waals surface area contributed by atoms with Gasteiger partial charge in [0.05, 0.1) is 6.10 Å². The van der Waals surface area contributed by atoms with Gasteiger partial charge >= 0.3 is 0 Å². The number of anilines is 1. The molecule has 1 N–H and O–H groups in total. The Morgan fingerprint density at radius 2 is 2.04 bits per heavy atom. The number of benzene rings is 1. The summed E-state index contributed by atoms with van der Waals surface area (Å²) in [5.74, 6) is 1.70. The summed E-state index contributed by atoms with van der Waals surface area (Å²) in [5, 5.41) is 2.96. The van der Waals surface area contributed by atoms with Crippen LogP contribution in [0.1, 0.15) is 37.8 Å². The number of nitrogens with zero attached hydrogens (tertiary/aromatic N) is 2. The second-order valence-electron chi connectivity index (χ2n) is 7.57. The molecule has 1 amide bonds. The van der Waals surface area contributed by atoms with Gasteiger partial charge in [-0.3, -0.25) is 9.69 Å². The standard InChI is InChI=1S/C22H29N3O2/c1-16(2)27-20-6-4-5-18(14-20)15-25-11-8-19(9-12-25)22(26)24-21-13-17(3)7-10-23-21/h4-7,10,13-14,16,19H,8-9,11-12,15H2,1-3H3,(H,23,24,26). The highest BCUT2D eigenvalue weighted by molar-refractivity contribution is 5.91. The predicted molar refractivity (Wildman–Crippen MR) is 108 cm³/mol. The lowest BCUT2D eigenvalue weighted by atomic mass is 9.95. The van der Waals surface area contributed by atoms with Gasteiger partial charge < -0.3 is 10.1 Å². The fraction of sp³-hybridized carbons (Fsp3) is 0.455. The van der Waals surface area contributed by atoms with Crippen molar-refractivity contribution in [2.45, 2.75) is 46.3 Å². The zero-order valence-corrected chi connectivity index (χ0v) is 16.4. The van der Waals surface area contributed by atoms with E-state index in [0.29, 0.717) is 5.82 Å². The molecule has 1 aromatic carbocycles. The lowest BCUT2D eigenvalue weighted by molar-refractivity contribution is -0.121. The van der Waals surface area contributed by atoms with Crippen LogP contribution in [-0.2, 0) is 11.3 Å². The minimum atomic E-state index is 0.0548. The molecule has 2 aromatic rings. The number of aromatic nitrogens is 1. The molecule has 3 rings (SSSR count). The molecular weight excluding hydrogens is 338 g/mol. The smallest absolute Gasteiger partial charge is 0.228 e. The topological polar surface area (TPSA) is 54.5 Å². The summed E-state index contributed by atoms with van der Waals surface area (Å²) in [5.41, 5.74) is 2.35. The fourth-order valence-corrected chi connectivity index (χ4v) is 3.43. The first-order valence-electron chi connectivity index (χ1n) is 9.71. The summed E-state index contributed by atoms with van der Waals surface area (Å²) < 4.78 is 5.78. The average molecular weight is 367 g/mol. The summed E-state index contributed by atoms with van der Waals surface area (Å²) >= 11 is 0. The van der Waals surface area contributed by atoms with E-state index in [1.165, 1.54) is 5.56 Å². The number of ether oxygens (including phenoxy) is 1. The molecule has 2 heterocycles. The summed E-state index contributed by atoms with van der Waals surface area (Å²) in [4.78, 5) is 19.1. The molecule has 0 atom stereocenters. The minimum absolute atomic E-state index is 0.0548. The van der Waals surface area contributed by atoms with Crippen molar-refractivity contribution in [2.75, 3.05) is 18.4 Å². The van der Waals surface area contributed by atoms with Gasteiger partial charge in [-0.1, -0.05) is 12.1 Å². The third-order valence-corrected chi connectivity index (χ3v) is 4.80. The Kier molecular flexibility index (Phi) is 6.45. The molecule has 0 aliphatic carbocycles. The van der Waals surface area contributed by atoms with E-state index in [2.05, 4.69) is 27.3 Å². The summed E-state index contributed by atoms with van der Waals surface area (Å²) in [6.45, 7) is 8.81. The number of nitrogens with one attached hydrogen (secondary N) is 1. The number of carbonyl (C=O) groups excluding carboxylic acids is 1.